The average molecular weight is 326 g/mol. The van der Waals surface area contributed by atoms with Gasteiger partial charge in [-0.1, -0.05) is 27.7 Å². The van der Waals surface area contributed by atoms with Gasteiger partial charge < -0.3 is 8.80 Å². The Labute approximate surface area is 105 Å². The molecule has 0 saturated carbocycles. The predicted molar refractivity (Wildman–Crippen MR) is 69.8 cm³/mol. The third kappa shape index (κ3) is 4.81. The number of carbonyl (C=O) groups is 1. The zero-order valence-electron chi connectivity index (χ0n) is 9.71. The zero-order chi connectivity index (χ0) is 12.1. The molecule has 0 atom stereocenters. The van der Waals surface area contributed by atoms with Gasteiger partial charge in [0.15, 0.2) is 23.0 Å². The van der Waals surface area contributed by atoms with Crippen LogP contribution in [0.4, 0.5) is 0 Å². The van der Waals surface area contributed by atoms with Crippen LogP contribution in [0.15, 0.2) is 4.99 Å². The summed E-state index contributed by atoms with van der Waals surface area (Å²) in [7, 11) is 0. The van der Waals surface area contributed by atoms with E-state index in [2.05, 4.69) is 21.9 Å². The number of rotatable bonds is 5. The lowest BCUT2D eigenvalue weighted by atomic mass is 9.80. The summed E-state index contributed by atoms with van der Waals surface area (Å²) in [5, 5.41) is 0. The number of aliphatic imine (C=N–C) groups is 1. The fourth-order valence-corrected chi connectivity index (χ4v) is 1.03. The maximum atomic E-state index is 10.8. The van der Waals surface area contributed by atoms with E-state index < -0.39 is 0 Å². The Bertz CT molecular complexity index is 250. The number of hydrogen-bond acceptors (Lipinski definition) is 3. The van der Waals surface area contributed by atoms with Crippen LogP contribution < -0.4 is 5.73 Å². The van der Waals surface area contributed by atoms with Crippen LogP contribution in [0, 0.1) is 11.3 Å². The molecule has 0 aliphatic heterocycles. The molecule has 15 heavy (non-hydrogen) atoms. The van der Waals surface area contributed by atoms with E-state index in [1.54, 1.807) is 23.0 Å². The molecule has 2 N–H and O–H groups in total. The molecule has 0 saturated heterocycles. The van der Waals surface area contributed by atoms with Crippen LogP contribution in [0.3, 0.4) is 0 Å². The molecule has 0 aliphatic rings. The second kappa shape index (κ2) is 6.30. The van der Waals surface area contributed by atoms with Crippen molar-refractivity contribution in [2.75, 3.05) is 6.54 Å². The van der Waals surface area contributed by atoms with E-state index in [9.17, 15) is 4.79 Å². The molecule has 5 heteroatoms. The van der Waals surface area contributed by atoms with E-state index in [4.69, 9.17) is 5.73 Å². The molecule has 0 amide bonds. The van der Waals surface area contributed by atoms with E-state index in [1.807, 2.05) is 13.8 Å². The van der Waals surface area contributed by atoms with Crippen LogP contribution in [0.1, 0.15) is 34.1 Å². The van der Waals surface area contributed by atoms with Crippen molar-refractivity contribution in [1.29, 1.82) is 0 Å². The van der Waals surface area contributed by atoms with Crippen molar-refractivity contribution < 1.29 is 7.86 Å². The van der Waals surface area contributed by atoms with E-state index >= 15 is 0 Å². The van der Waals surface area contributed by atoms with Crippen molar-refractivity contribution in [2.24, 2.45) is 22.1 Å². The Kier molecular flexibility index (Phi) is 6.16. The molecule has 88 valence electrons. The monoisotopic (exact) mass is 326 g/mol. The Hall–Kier alpha value is -0.330. The van der Waals surface area contributed by atoms with Gasteiger partial charge in [-0.05, 0) is 5.92 Å². The van der Waals surface area contributed by atoms with Crippen LogP contribution in [-0.2, 0) is 7.86 Å². The molecule has 0 aromatic heterocycles. The van der Waals surface area contributed by atoms with Crippen molar-refractivity contribution in [3.05, 3.63) is 0 Å². The maximum Gasteiger partial charge on any atom is 0.317 e. The zero-order valence-corrected chi connectivity index (χ0v) is 11.9. The van der Waals surface area contributed by atoms with Crippen molar-refractivity contribution in [3.8, 4) is 0 Å². The minimum atomic E-state index is -0.269. The van der Waals surface area contributed by atoms with Gasteiger partial charge in [-0.3, -0.25) is 9.79 Å². The highest BCUT2D eigenvalue weighted by molar-refractivity contribution is 14.1. The lowest BCUT2D eigenvalue weighted by Crippen LogP contribution is -2.36. The van der Waals surface area contributed by atoms with Crippen LogP contribution >= 0.6 is 23.0 Å². The molecule has 0 aliphatic carbocycles. The molecule has 0 fully saturated rings. The molecule has 0 heterocycles. The average Bonchev–Trinajstić information content (AvgIpc) is 2.16. The van der Waals surface area contributed by atoms with E-state index in [-0.39, 0.29) is 17.8 Å². The van der Waals surface area contributed by atoms with Gasteiger partial charge in [-0.2, -0.15) is 0 Å². The number of nitrogens with zero attached hydrogens (tertiary/aromatic N) is 1. The molecule has 0 spiro atoms. The van der Waals surface area contributed by atoms with Gasteiger partial charge in [0, 0.05) is 5.41 Å². The molecule has 0 aromatic carbocycles. The predicted octanol–water partition coefficient (Wildman–Crippen LogP) is 2.31. The Morgan fingerprint density at radius 2 is 2.07 bits per heavy atom. The normalized spacial score (nSPS) is 13.1. The van der Waals surface area contributed by atoms with Crippen LogP contribution in [0.25, 0.3) is 0 Å². The summed E-state index contributed by atoms with van der Waals surface area (Å²) in [4.78, 5) is 15.0. The topological polar surface area (TPSA) is 64.7 Å². The number of nitrogens with two attached hydrogens (primary N) is 1. The highest BCUT2D eigenvalue weighted by Gasteiger charge is 2.26. The summed E-state index contributed by atoms with van der Waals surface area (Å²) in [6.45, 7) is 8.69. The minimum Gasteiger partial charge on any atom is -0.394 e. The van der Waals surface area contributed by atoms with Crippen molar-refractivity contribution >= 4 is 34.8 Å². The van der Waals surface area contributed by atoms with Gasteiger partial charge in [0.1, 0.15) is 0 Å². The van der Waals surface area contributed by atoms with Gasteiger partial charge in [0.05, 0.1) is 18.8 Å². The highest BCUT2D eigenvalue weighted by Crippen LogP contribution is 2.25. The summed E-state index contributed by atoms with van der Waals surface area (Å²) in [6.07, 6.45) is 0.276. The van der Waals surface area contributed by atoms with Crippen molar-refractivity contribution in [1.82, 2.24) is 0 Å². The third-order valence-electron chi connectivity index (χ3n) is 2.79. The molecular weight excluding hydrogens is 307 g/mol. The lowest BCUT2D eigenvalue weighted by molar-refractivity contribution is -0.131. The van der Waals surface area contributed by atoms with Crippen molar-refractivity contribution in [3.63, 3.8) is 0 Å². The van der Waals surface area contributed by atoms with Gasteiger partial charge in [-0.15, -0.1) is 0 Å². The summed E-state index contributed by atoms with van der Waals surface area (Å²) in [5.74, 6) is 0.742. The fraction of sp³-hybridized carbons (Fsp3) is 0.800. The van der Waals surface area contributed by atoms with Gasteiger partial charge in [-0.25, -0.2) is 0 Å². The molecule has 0 rings (SSSR count). The Morgan fingerprint density at radius 3 is 2.47 bits per heavy atom. The van der Waals surface area contributed by atoms with E-state index in [1.165, 1.54) is 0 Å². The summed E-state index contributed by atoms with van der Waals surface area (Å²) >= 11 is 1.57. The smallest absolute Gasteiger partial charge is 0.317 e. The molecular formula is C10H19IN2O2. The van der Waals surface area contributed by atoms with E-state index in [0.29, 0.717) is 18.3 Å². The quantitative estimate of drug-likeness (QED) is 0.479. The summed E-state index contributed by atoms with van der Waals surface area (Å²) < 4.78 is 4.49. The number of hydrogen-bond donors (Lipinski definition) is 1. The third-order valence-corrected chi connectivity index (χ3v) is 3.28. The standard InChI is InChI=1S/C10H19IN2O2/c1-7(2)10(3,4)9(12)13-6-5-8(14)15-11/h7H,5-6H2,1-4H3,(H2,12,13). The fourth-order valence-electron chi connectivity index (χ4n) is 0.806. The van der Waals surface area contributed by atoms with Gasteiger partial charge in [0.25, 0.3) is 0 Å². The first kappa shape index (κ1) is 14.7. The molecule has 0 bridgehead atoms. The first-order valence-corrected chi connectivity index (χ1v) is 5.82. The van der Waals surface area contributed by atoms with Crippen LogP contribution in [-0.4, -0.2) is 18.3 Å². The summed E-state index contributed by atoms with van der Waals surface area (Å²) in [5.41, 5.74) is 5.75. The highest BCUT2D eigenvalue weighted by atomic mass is 127. The Balaban J connectivity index is 4.26. The van der Waals surface area contributed by atoms with Crippen LogP contribution in [0.2, 0.25) is 0 Å². The van der Waals surface area contributed by atoms with Gasteiger partial charge >= 0.3 is 5.97 Å². The second-order valence-corrected chi connectivity index (χ2v) is 4.78. The molecule has 4 nitrogen and oxygen atoms in total. The SMILES string of the molecule is CC(C)C(C)(C)C(N)=NCCC(=O)OI. The van der Waals surface area contributed by atoms with E-state index in [0.717, 1.165) is 0 Å². The van der Waals surface area contributed by atoms with Gasteiger partial charge in [0.2, 0.25) is 0 Å². The molecule has 0 unspecified atom stereocenters. The van der Waals surface area contributed by atoms with Crippen molar-refractivity contribution in [2.45, 2.75) is 34.1 Å². The second-order valence-electron chi connectivity index (χ2n) is 4.34. The first-order valence-electron chi connectivity index (χ1n) is 4.94. The first-order chi connectivity index (χ1) is 6.82. The maximum absolute atomic E-state index is 10.8. The Morgan fingerprint density at radius 1 is 1.53 bits per heavy atom. The molecule has 0 radical (unpaired) electrons. The largest absolute Gasteiger partial charge is 0.394 e. The number of halogens is 1. The molecule has 0 aromatic rings. The lowest BCUT2D eigenvalue weighted by Gasteiger charge is -2.28. The number of carbonyl (C=O) groups excluding carboxylic acids is 1. The van der Waals surface area contributed by atoms with Crippen LogP contribution in [0.5, 0.6) is 0 Å². The minimum absolute atomic E-state index is 0.131. The number of amidine groups is 1. The summed E-state index contributed by atoms with van der Waals surface area (Å²) in [6, 6.07) is 0.